The Labute approximate surface area is 87.2 Å². The van der Waals surface area contributed by atoms with E-state index in [1.54, 1.807) is 6.07 Å². The van der Waals surface area contributed by atoms with Crippen molar-refractivity contribution in [2.45, 2.75) is 32.8 Å². The maximum absolute atomic E-state index is 12.8. The Hall–Kier alpha value is -0.673. The van der Waals surface area contributed by atoms with Gasteiger partial charge in [-0.2, -0.15) is 0 Å². The van der Waals surface area contributed by atoms with E-state index in [2.05, 4.69) is 13.8 Å². The van der Waals surface area contributed by atoms with Crippen molar-refractivity contribution >= 4 is 14.9 Å². The second-order valence-corrected chi connectivity index (χ2v) is 4.19. The van der Waals surface area contributed by atoms with Crippen molar-refractivity contribution in [3.63, 3.8) is 0 Å². The van der Waals surface area contributed by atoms with Crippen LogP contribution >= 0.6 is 0 Å². The van der Waals surface area contributed by atoms with E-state index >= 15 is 0 Å². The molecule has 0 aliphatic rings. The molecule has 0 aliphatic carbocycles. The van der Waals surface area contributed by atoms with Gasteiger partial charge in [0.25, 0.3) is 9.76 Å². The van der Waals surface area contributed by atoms with E-state index in [1.807, 2.05) is 6.07 Å². The van der Waals surface area contributed by atoms with Crippen LogP contribution in [0.15, 0.2) is 24.3 Å². The lowest BCUT2D eigenvalue weighted by atomic mass is 10.2. The summed E-state index contributed by atoms with van der Waals surface area (Å²) in [5.41, 5.74) is 0. The molecule has 0 heterocycles. The largest absolute Gasteiger partial charge is 0.409 e. The Morgan fingerprint density at radius 2 is 2.07 bits per heavy atom. The van der Waals surface area contributed by atoms with E-state index in [4.69, 9.17) is 4.43 Å². The second-order valence-electron chi connectivity index (χ2n) is 3.17. The average Bonchev–Trinajstić information content (AvgIpc) is 2.19. The summed E-state index contributed by atoms with van der Waals surface area (Å²) in [6.45, 7) is 4.20. The second kappa shape index (κ2) is 5.93. The number of hydrogen-bond acceptors (Lipinski definition) is 1. The lowest BCUT2D eigenvalue weighted by Crippen LogP contribution is -2.23. The monoisotopic (exact) mass is 210 g/mol. The first-order valence-electron chi connectivity index (χ1n) is 4.93. The molecule has 1 rings (SSSR count). The van der Waals surface area contributed by atoms with Crippen LogP contribution in [0, 0.1) is 5.82 Å². The van der Waals surface area contributed by atoms with E-state index in [0.29, 0.717) is 6.10 Å². The Morgan fingerprint density at radius 1 is 1.36 bits per heavy atom. The summed E-state index contributed by atoms with van der Waals surface area (Å²) in [5, 5.41) is 0.928. The minimum atomic E-state index is -0.192. The Balaban J connectivity index is 2.44. The van der Waals surface area contributed by atoms with Gasteiger partial charge in [0.1, 0.15) is 5.82 Å². The molecule has 0 amide bonds. The third-order valence-corrected chi connectivity index (χ3v) is 3.08. The van der Waals surface area contributed by atoms with E-state index in [0.717, 1.165) is 18.0 Å². The molecule has 1 nitrogen and oxygen atoms in total. The van der Waals surface area contributed by atoms with Crippen LogP contribution in [0.4, 0.5) is 4.39 Å². The van der Waals surface area contributed by atoms with Crippen LogP contribution in [0.1, 0.15) is 26.7 Å². The minimum Gasteiger partial charge on any atom is -0.409 e. The normalized spacial score (nSPS) is 10.9. The van der Waals surface area contributed by atoms with Crippen molar-refractivity contribution in [3.8, 4) is 0 Å². The van der Waals surface area contributed by atoms with Crippen molar-refractivity contribution in [2.24, 2.45) is 0 Å². The summed E-state index contributed by atoms with van der Waals surface area (Å²) in [4.78, 5) is 0. The smallest absolute Gasteiger partial charge is 0.269 e. The molecular weight excluding hydrogens is 195 g/mol. The SMILES string of the molecule is CCC(CC)O[Si]c1cccc(F)c1. The topological polar surface area (TPSA) is 9.23 Å². The van der Waals surface area contributed by atoms with E-state index < -0.39 is 0 Å². The third kappa shape index (κ3) is 3.60. The molecule has 14 heavy (non-hydrogen) atoms. The molecule has 0 bridgehead atoms. The van der Waals surface area contributed by atoms with Gasteiger partial charge in [0, 0.05) is 6.10 Å². The first kappa shape index (κ1) is 11.4. The molecule has 0 N–H and O–H groups in total. The Bertz CT molecular complexity index is 274. The first-order chi connectivity index (χ1) is 6.76. The van der Waals surface area contributed by atoms with Gasteiger partial charge >= 0.3 is 0 Å². The maximum Gasteiger partial charge on any atom is 0.269 e. The van der Waals surface area contributed by atoms with Crippen molar-refractivity contribution in [1.82, 2.24) is 0 Å². The summed E-state index contributed by atoms with van der Waals surface area (Å²) in [6, 6.07) is 6.59. The van der Waals surface area contributed by atoms with E-state index in [-0.39, 0.29) is 15.6 Å². The molecule has 1 aromatic carbocycles. The fourth-order valence-corrected chi connectivity index (χ4v) is 2.16. The highest BCUT2D eigenvalue weighted by atomic mass is 28.2. The zero-order chi connectivity index (χ0) is 10.4. The van der Waals surface area contributed by atoms with Crippen molar-refractivity contribution in [1.29, 1.82) is 0 Å². The Morgan fingerprint density at radius 3 is 2.64 bits per heavy atom. The van der Waals surface area contributed by atoms with Crippen molar-refractivity contribution in [2.75, 3.05) is 0 Å². The predicted molar refractivity (Wildman–Crippen MR) is 57.2 cm³/mol. The molecular formula is C11H15FOSi. The van der Waals surface area contributed by atoms with Crippen LogP contribution in [0.3, 0.4) is 0 Å². The average molecular weight is 210 g/mol. The van der Waals surface area contributed by atoms with Crippen molar-refractivity contribution < 1.29 is 8.82 Å². The molecule has 2 radical (unpaired) electrons. The predicted octanol–water partition coefficient (Wildman–Crippen LogP) is 2.28. The van der Waals surface area contributed by atoms with Gasteiger partial charge in [0.2, 0.25) is 0 Å². The molecule has 0 aromatic heterocycles. The molecule has 0 spiro atoms. The molecule has 0 unspecified atom stereocenters. The van der Waals surface area contributed by atoms with Crippen LogP contribution in [-0.2, 0) is 4.43 Å². The summed E-state index contributed by atoms with van der Waals surface area (Å²) in [7, 11) is 0.255. The quantitative estimate of drug-likeness (QED) is 0.677. The van der Waals surface area contributed by atoms with E-state index in [9.17, 15) is 4.39 Å². The van der Waals surface area contributed by atoms with Crippen LogP contribution in [0.2, 0.25) is 0 Å². The van der Waals surface area contributed by atoms with Crippen molar-refractivity contribution in [3.05, 3.63) is 30.1 Å². The number of halogens is 1. The van der Waals surface area contributed by atoms with Crippen LogP contribution in [-0.4, -0.2) is 15.9 Å². The summed E-state index contributed by atoms with van der Waals surface area (Å²) in [5.74, 6) is -0.192. The highest BCUT2D eigenvalue weighted by Crippen LogP contribution is 2.01. The minimum absolute atomic E-state index is 0.192. The molecule has 76 valence electrons. The van der Waals surface area contributed by atoms with Gasteiger partial charge in [-0.25, -0.2) is 4.39 Å². The highest BCUT2D eigenvalue weighted by Gasteiger charge is 2.05. The first-order valence-corrected chi connectivity index (χ1v) is 5.84. The number of benzene rings is 1. The summed E-state index contributed by atoms with van der Waals surface area (Å²) < 4.78 is 18.4. The maximum atomic E-state index is 12.8. The Kier molecular flexibility index (Phi) is 4.83. The number of rotatable bonds is 5. The fraction of sp³-hybridized carbons (Fsp3) is 0.455. The lowest BCUT2D eigenvalue weighted by Gasteiger charge is -2.12. The van der Waals surface area contributed by atoms with Gasteiger partial charge < -0.3 is 4.43 Å². The van der Waals surface area contributed by atoms with Gasteiger partial charge in [0.15, 0.2) is 0 Å². The van der Waals surface area contributed by atoms with Gasteiger partial charge in [-0.1, -0.05) is 26.0 Å². The highest BCUT2D eigenvalue weighted by molar-refractivity contribution is 6.46. The molecule has 1 aromatic rings. The zero-order valence-electron chi connectivity index (χ0n) is 8.59. The zero-order valence-corrected chi connectivity index (χ0v) is 9.59. The molecule has 0 saturated heterocycles. The van der Waals surface area contributed by atoms with Gasteiger partial charge in [-0.05, 0) is 30.2 Å². The van der Waals surface area contributed by atoms with Gasteiger partial charge in [-0.3, -0.25) is 0 Å². The fourth-order valence-electron chi connectivity index (χ4n) is 1.16. The number of hydrogen-bond donors (Lipinski definition) is 0. The van der Waals surface area contributed by atoms with Crippen LogP contribution < -0.4 is 5.19 Å². The molecule has 0 aliphatic heterocycles. The lowest BCUT2D eigenvalue weighted by molar-refractivity contribution is 0.206. The summed E-state index contributed by atoms with van der Waals surface area (Å²) in [6.07, 6.45) is 2.33. The van der Waals surface area contributed by atoms with Crippen LogP contribution in [0.5, 0.6) is 0 Å². The third-order valence-electron chi connectivity index (χ3n) is 2.08. The van der Waals surface area contributed by atoms with Crippen LogP contribution in [0.25, 0.3) is 0 Å². The van der Waals surface area contributed by atoms with E-state index in [1.165, 1.54) is 12.1 Å². The molecule has 3 heteroatoms. The molecule has 0 fully saturated rings. The standard InChI is InChI=1S/C11H15FOSi/c1-3-10(4-2)13-14-11-7-5-6-9(12)8-11/h5-8,10H,3-4H2,1-2H3. The van der Waals surface area contributed by atoms with Gasteiger partial charge in [-0.15, -0.1) is 0 Å². The molecule has 0 atom stereocenters. The van der Waals surface area contributed by atoms with Gasteiger partial charge in [0.05, 0.1) is 0 Å². The summed E-state index contributed by atoms with van der Waals surface area (Å²) >= 11 is 0. The molecule has 0 saturated carbocycles.